The third-order valence-corrected chi connectivity index (χ3v) is 3.29. The molecule has 4 heteroatoms. The molecule has 4 nitrogen and oxygen atoms in total. The van der Waals surface area contributed by atoms with Gasteiger partial charge in [0.25, 0.3) is 0 Å². The lowest BCUT2D eigenvalue weighted by molar-refractivity contribution is 0.474. The minimum absolute atomic E-state index is 0.711. The molecule has 0 amide bonds. The summed E-state index contributed by atoms with van der Waals surface area (Å²) < 4.78 is 7.56. The predicted octanol–water partition coefficient (Wildman–Crippen LogP) is 2.39. The summed E-state index contributed by atoms with van der Waals surface area (Å²) in [6, 6.07) is 4.93. The first-order valence-corrected chi connectivity index (χ1v) is 6.51. The van der Waals surface area contributed by atoms with Gasteiger partial charge in [0.05, 0.1) is 18.5 Å². The molecule has 0 aromatic carbocycles. The Hall–Kier alpha value is -1.55. The summed E-state index contributed by atoms with van der Waals surface area (Å²) in [7, 11) is 0. The van der Waals surface area contributed by atoms with E-state index in [0.717, 1.165) is 24.0 Å². The van der Waals surface area contributed by atoms with E-state index in [4.69, 9.17) is 4.42 Å². The summed E-state index contributed by atoms with van der Waals surface area (Å²) in [6.45, 7) is 5.70. The highest BCUT2D eigenvalue weighted by Gasteiger charge is 2.20. The number of furan rings is 1. The highest BCUT2D eigenvalue weighted by Crippen LogP contribution is 2.20. The van der Waals surface area contributed by atoms with E-state index in [-0.39, 0.29) is 0 Å². The third-order valence-electron chi connectivity index (χ3n) is 3.29. The normalized spacial score (nSPS) is 15.2. The maximum atomic E-state index is 5.58. The van der Waals surface area contributed by atoms with Crippen molar-refractivity contribution in [3.63, 3.8) is 0 Å². The van der Waals surface area contributed by atoms with Gasteiger partial charge in [-0.15, -0.1) is 0 Å². The lowest BCUT2D eigenvalue weighted by atomic mass is 10.3. The van der Waals surface area contributed by atoms with Crippen molar-refractivity contribution in [3.05, 3.63) is 41.1 Å². The Morgan fingerprint density at radius 3 is 2.89 bits per heavy atom. The lowest BCUT2D eigenvalue weighted by Crippen LogP contribution is -2.14. The number of nitrogens with one attached hydrogen (secondary N) is 1. The van der Waals surface area contributed by atoms with Crippen LogP contribution in [0.15, 0.2) is 22.8 Å². The molecular formula is C14H19N3O. The topological polar surface area (TPSA) is 43.0 Å². The van der Waals surface area contributed by atoms with Crippen molar-refractivity contribution in [2.75, 3.05) is 0 Å². The molecule has 0 saturated heterocycles. The summed E-state index contributed by atoms with van der Waals surface area (Å²) in [5.41, 5.74) is 3.44. The summed E-state index contributed by atoms with van der Waals surface area (Å²) in [4.78, 5) is 0. The number of aromatic nitrogens is 2. The summed E-state index contributed by atoms with van der Waals surface area (Å²) in [5, 5.41) is 7.92. The molecule has 2 heterocycles. The molecule has 1 fully saturated rings. The molecule has 2 aromatic rings. The minimum atomic E-state index is 0.711. The zero-order valence-corrected chi connectivity index (χ0v) is 10.9. The van der Waals surface area contributed by atoms with Crippen LogP contribution < -0.4 is 5.32 Å². The molecule has 0 unspecified atom stereocenters. The Morgan fingerprint density at radius 2 is 2.22 bits per heavy atom. The second kappa shape index (κ2) is 4.61. The average Bonchev–Trinajstić information content (AvgIpc) is 2.97. The number of aryl methyl sites for hydroxylation is 2. The zero-order valence-electron chi connectivity index (χ0n) is 10.9. The van der Waals surface area contributed by atoms with Crippen LogP contribution in [-0.2, 0) is 13.1 Å². The first-order valence-electron chi connectivity index (χ1n) is 6.51. The molecule has 3 rings (SSSR count). The van der Waals surface area contributed by atoms with Gasteiger partial charge in [-0.1, -0.05) is 0 Å². The molecule has 18 heavy (non-hydrogen) atoms. The average molecular weight is 245 g/mol. The Labute approximate surface area is 107 Å². The first-order chi connectivity index (χ1) is 8.70. The van der Waals surface area contributed by atoms with Crippen LogP contribution in [0.1, 0.15) is 35.6 Å². The minimum Gasteiger partial charge on any atom is -0.467 e. The SMILES string of the molecule is Cc1cc(C)n(Cc2cc(CNC3CC3)co2)n1. The van der Waals surface area contributed by atoms with E-state index in [9.17, 15) is 0 Å². The highest BCUT2D eigenvalue weighted by molar-refractivity contribution is 5.15. The second-order valence-electron chi connectivity index (χ2n) is 5.16. The molecule has 1 N–H and O–H groups in total. The first kappa shape index (κ1) is 11.5. The van der Waals surface area contributed by atoms with E-state index in [1.807, 2.05) is 17.9 Å². The number of rotatable bonds is 5. The standard InChI is InChI=1S/C14H19N3O/c1-10-5-11(2)17(16-10)8-14-6-12(9-18-14)7-15-13-3-4-13/h5-6,9,13,15H,3-4,7-8H2,1-2H3. The van der Waals surface area contributed by atoms with Gasteiger partial charge in [-0.2, -0.15) is 5.10 Å². The van der Waals surface area contributed by atoms with Crippen molar-refractivity contribution >= 4 is 0 Å². The molecular weight excluding hydrogens is 226 g/mol. The Morgan fingerprint density at radius 1 is 1.39 bits per heavy atom. The van der Waals surface area contributed by atoms with Gasteiger partial charge in [0.1, 0.15) is 5.76 Å². The lowest BCUT2D eigenvalue weighted by Gasteiger charge is -2.00. The third kappa shape index (κ3) is 2.64. The van der Waals surface area contributed by atoms with Crippen LogP contribution in [0.5, 0.6) is 0 Å². The van der Waals surface area contributed by atoms with Gasteiger partial charge in [0, 0.05) is 23.8 Å². The molecule has 96 valence electrons. The van der Waals surface area contributed by atoms with E-state index in [1.165, 1.54) is 24.1 Å². The van der Waals surface area contributed by atoms with Gasteiger partial charge in [0.15, 0.2) is 0 Å². The maximum Gasteiger partial charge on any atom is 0.125 e. The van der Waals surface area contributed by atoms with E-state index < -0.39 is 0 Å². The summed E-state index contributed by atoms with van der Waals surface area (Å²) >= 11 is 0. The van der Waals surface area contributed by atoms with Crippen LogP contribution in [0.2, 0.25) is 0 Å². The van der Waals surface area contributed by atoms with E-state index in [1.54, 1.807) is 0 Å². The Balaban J connectivity index is 1.63. The van der Waals surface area contributed by atoms with Crippen LogP contribution in [0.3, 0.4) is 0 Å². The molecule has 0 atom stereocenters. The van der Waals surface area contributed by atoms with Gasteiger partial charge in [-0.05, 0) is 38.8 Å². The van der Waals surface area contributed by atoms with Gasteiger partial charge < -0.3 is 9.73 Å². The van der Waals surface area contributed by atoms with Gasteiger partial charge >= 0.3 is 0 Å². The van der Waals surface area contributed by atoms with Crippen LogP contribution in [0, 0.1) is 13.8 Å². The highest BCUT2D eigenvalue weighted by atomic mass is 16.3. The van der Waals surface area contributed by atoms with E-state index in [0.29, 0.717) is 6.54 Å². The molecule has 1 aliphatic rings. The smallest absolute Gasteiger partial charge is 0.125 e. The molecule has 1 saturated carbocycles. The predicted molar refractivity (Wildman–Crippen MR) is 69.4 cm³/mol. The van der Waals surface area contributed by atoms with E-state index in [2.05, 4.69) is 29.5 Å². The Bertz CT molecular complexity index is 537. The van der Waals surface area contributed by atoms with Crippen LogP contribution >= 0.6 is 0 Å². The largest absolute Gasteiger partial charge is 0.467 e. The molecule has 0 aliphatic heterocycles. The van der Waals surface area contributed by atoms with Gasteiger partial charge in [-0.3, -0.25) is 4.68 Å². The van der Waals surface area contributed by atoms with E-state index >= 15 is 0 Å². The summed E-state index contributed by atoms with van der Waals surface area (Å²) in [6.07, 6.45) is 4.48. The second-order valence-corrected chi connectivity index (χ2v) is 5.16. The van der Waals surface area contributed by atoms with Crippen LogP contribution in [0.4, 0.5) is 0 Å². The molecule has 0 spiro atoms. The fraction of sp³-hybridized carbons (Fsp3) is 0.500. The summed E-state index contributed by atoms with van der Waals surface area (Å²) in [5.74, 6) is 0.966. The van der Waals surface area contributed by atoms with Gasteiger partial charge in [-0.25, -0.2) is 0 Å². The van der Waals surface area contributed by atoms with Crippen molar-refractivity contribution in [2.45, 2.75) is 45.8 Å². The maximum absolute atomic E-state index is 5.58. The molecule has 0 radical (unpaired) electrons. The van der Waals surface area contributed by atoms with Crippen molar-refractivity contribution in [1.29, 1.82) is 0 Å². The number of hydrogen-bond donors (Lipinski definition) is 1. The molecule has 2 aromatic heterocycles. The fourth-order valence-corrected chi connectivity index (χ4v) is 2.13. The Kier molecular flexibility index (Phi) is 2.96. The molecule has 1 aliphatic carbocycles. The monoisotopic (exact) mass is 245 g/mol. The van der Waals surface area contributed by atoms with Crippen molar-refractivity contribution in [1.82, 2.24) is 15.1 Å². The van der Waals surface area contributed by atoms with Crippen molar-refractivity contribution in [3.8, 4) is 0 Å². The van der Waals surface area contributed by atoms with Crippen molar-refractivity contribution in [2.24, 2.45) is 0 Å². The zero-order chi connectivity index (χ0) is 12.5. The van der Waals surface area contributed by atoms with Crippen LogP contribution in [0.25, 0.3) is 0 Å². The quantitative estimate of drug-likeness (QED) is 0.879. The van der Waals surface area contributed by atoms with Gasteiger partial charge in [0.2, 0.25) is 0 Å². The number of hydrogen-bond acceptors (Lipinski definition) is 3. The van der Waals surface area contributed by atoms with Crippen molar-refractivity contribution < 1.29 is 4.42 Å². The molecule has 0 bridgehead atoms. The van der Waals surface area contributed by atoms with Crippen LogP contribution in [-0.4, -0.2) is 15.8 Å². The number of nitrogens with zero attached hydrogens (tertiary/aromatic N) is 2. The fourth-order valence-electron chi connectivity index (χ4n) is 2.13.